The van der Waals surface area contributed by atoms with Crippen molar-refractivity contribution in [2.24, 2.45) is 0 Å². The number of rotatable bonds is 1. The molecule has 0 aromatic heterocycles. The summed E-state index contributed by atoms with van der Waals surface area (Å²) in [6, 6.07) is 3.91. The van der Waals surface area contributed by atoms with Crippen molar-refractivity contribution in [2.75, 3.05) is 13.1 Å². The van der Waals surface area contributed by atoms with Gasteiger partial charge in [0.05, 0.1) is 5.56 Å². The van der Waals surface area contributed by atoms with Gasteiger partial charge in [0, 0.05) is 18.1 Å². The van der Waals surface area contributed by atoms with E-state index in [1.54, 1.807) is 0 Å². The van der Waals surface area contributed by atoms with Gasteiger partial charge in [-0.3, -0.25) is 0 Å². The van der Waals surface area contributed by atoms with Crippen LogP contribution in [0.2, 0.25) is 5.02 Å². The summed E-state index contributed by atoms with van der Waals surface area (Å²) in [6.45, 7) is 0.787. The molecule has 0 atom stereocenters. The van der Waals surface area contributed by atoms with Crippen LogP contribution in [0, 0.1) is 0 Å². The number of hydroxylamine groups is 2. The number of nitrogens with zero attached hydrogens (tertiary/aromatic N) is 1. The standard InChI is InChI=1S/C12H13ClF3NO/c13-9-1-2-10(11(7-9)12(14,15)16)8-3-5-17(18)6-4-8/h1-2,7-8,18H,3-6H2. The van der Waals surface area contributed by atoms with E-state index in [1.165, 1.54) is 12.1 Å². The zero-order valence-corrected chi connectivity index (χ0v) is 10.3. The highest BCUT2D eigenvalue weighted by Gasteiger charge is 2.36. The molecule has 1 saturated heterocycles. The fourth-order valence-electron chi connectivity index (χ4n) is 2.31. The first-order valence-corrected chi connectivity index (χ1v) is 6.06. The topological polar surface area (TPSA) is 23.5 Å². The monoisotopic (exact) mass is 279 g/mol. The van der Waals surface area contributed by atoms with Crippen LogP contribution in [0.4, 0.5) is 13.2 Å². The highest BCUT2D eigenvalue weighted by Crippen LogP contribution is 2.39. The van der Waals surface area contributed by atoms with Crippen LogP contribution in [-0.4, -0.2) is 23.4 Å². The first-order valence-electron chi connectivity index (χ1n) is 5.68. The Bertz CT molecular complexity index is 428. The predicted octanol–water partition coefficient (Wildman–Crippen LogP) is 3.93. The number of halogens is 4. The fraction of sp³-hybridized carbons (Fsp3) is 0.500. The Balaban J connectivity index is 2.32. The van der Waals surface area contributed by atoms with Gasteiger partial charge in [-0.25, -0.2) is 0 Å². The van der Waals surface area contributed by atoms with Crippen LogP contribution >= 0.6 is 11.6 Å². The van der Waals surface area contributed by atoms with E-state index >= 15 is 0 Å². The zero-order valence-electron chi connectivity index (χ0n) is 9.54. The van der Waals surface area contributed by atoms with E-state index in [1.807, 2.05) is 0 Å². The smallest absolute Gasteiger partial charge is 0.314 e. The van der Waals surface area contributed by atoms with Crippen LogP contribution < -0.4 is 0 Å². The normalized spacial score (nSPS) is 19.2. The molecule has 6 heteroatoms. The molecule has 2 rings (SSSR count). The minimum atomic E-state index is -4.39. The summed E-state index contributed by atoms with van der Waals surface area (Å²) in [6.07, 6.45) is -3.36. The second-order valence-corrected chi connectivity index (χ2v) is 4.89. The molecule has 1 aromatic carbocycles. The molecule has 0 spiro atoms. The highest BCUT2D eigenvalue weighted by molar-refractivity contribution is 6.30. The Labute approximate surface area is 108 Å². The summed E-state index contributed by atoms with van der Waals surface area (Å²) >= 11 is 5.64. The van der Waals surface area contributed by atoms with Crippen molar-refractivity contribution < 1.29 is 18.4 Å². The summed E-state index contributed by atoms with van der Waals surface area (Å²) in [7, 11) is 0. The zero-order chi connectivity index (χ0) is 13.3. The number of hydrogen-bond acceptors (Lipinski definition) is 2. The highest BCUT2D eigenvalue weighted by atomic mass is 35.5. The Morgan fingerprint density at radius 3 is 2.39 bits per heavy atom. The van der Waals surface area contributed by atoms with Crippen LogP contribution in [0.5, 0.6) is 0 Å². The van der Waals surface area contributed by atoms with Gasteiger partial charge in [0.25, 0.3) is 0 Å². The molecule has 0 amide bonds. The van der Waals surface area contributed by atoms with E-state index in [4.69, 9.17) is 11.6 Å². The third kappa shape index (κ3) is 2.96. The second-order valence-electron chi connectivity index (χ2n) is 4.46. The molecule has 1 aliphatic heterocycles. The Morgan fingerprint density at radius 2 is 1.83 bits per heavy atom. The lowest BCUT2D eigenvalue weighted by molar-refractivity contribution is -0.139. The van der Waals surface area contributed by atoms with Crippen LogP contribution in [-0.2, 0) is 6.18 Å². The van der Waals surface area contributed by atoms with Crippen molar-refractivity contribution >= 4 is 11.6 Å². The summed E-state index contributed by atoms with van der Waals surface area (Å²) in [5.41, 5.74) is -0.383. The molecule has 1 heterocycles. The minimum Gasteiger partial charge on any atom is -0.314 e. The van der Waals surface area contributed by atoms with E-state index in [2.05, 4.69) is 0 Å². The third-order valence-corrected chi connectivity index (χ3v) is 3.47. The molecule has 0 unspecified atom stereocenters. The summed E-state index contributed by atoms with van der Waals surface area (Å²) in [5, 5.41) is 10.5. The summed E-state index contributed by atoms with van der Waals surface area (Å²) < 4.78 is 38.8. The first kappa shape index (κ1) is 13.6. The molecular formula is C12H13ClF3NO. The number of piperidine rings is 1. The van der Waals surface area contributed by atoms with E-state index in [9.17, 15) is 18.4 Å². The lowest BCUT2D eigenvalue weighted by atomic mass is 9.87. The molecule has 0 saturated carbocycles. The van der Waals surface area contributed by atoms with Crippen LogP contribution in [0.1, 0.15) is 29.9 Å². The third-order valence-electron chi connectivity index (χ3n) is 3.23. The molecule has 2 nitrogen and oxygen atoms in total. The Hall–Kier alpha value is -0.780. The quantitative estimate of drug-likeness (QED) is 0.842. The van der Waals surface area contributed by atoms with E-state index in [0.29, 0.717) is 25.9 Å². The van der Waals surface area contributed by atoms with Crippen LogP contribution in [0.3, 0.4) is 0 Å². The lowest BCUT2D eigenvalue weighted by Gasteiger charge is -2.29. The van der Waals surface area contributed by atoms with Crippen LogP contribution in [0.15, 0.2) is 18.2 Å². The number of benzene rings is 1. The van der Waals surface area contributed by atoms with Crippen molar-refractivity contribution in [2.45, 2.75) is 24.9 Å². The van der Waals surface area contributed by atoms with Gasteiger partial charge in [0.1, 0.15) is 0 Å². The maximum atomic E-state index is 12.9. The maximum Gasteiger partial charge on any atom is 0.416 e. The molecule has 1 N–H and O–H groups in total. The van der Waals surface area contributed by atoms with Crippen molar-refractivity contribution in [1.29, 1.82) is 0 Å². The van der Waals surface area contributed by atoms with Crippen molar-refractivity contribution in [3.05, 3.63) is 34.3 Å². The minimum absolute atomic E-state index is 0.0886. The molecule has 1 aromatic rings. The van der Waals surface area contributed by atoms with Gasteiger partial charge in [-0.05, 0) is 36.5 Å². The molecule has 0 radical (unpaired) electrons. The predicted molar refractivity (Wildman–Crippen MR) is 61.8 cm³/mol. The van der Waals surface area contributed by atoms with Gasteiger partial charge in [0.2, 0.25) is 0 Å². The molecule has 1 aliphatic rings. The van der Waals surface area contributed by atoms with E-state index in [0.717, 1.165) is 11.1 Å². The van der Waals surface area contributed by atoms with Crippen molar-refractivity contribution in [1.82, 2.24) is 5.06 Å². The van der Waals surface area contributed by atoms with Gasteiger partial charge in [-0.1, -0.05) is 17.7 Å². The van der Waals surface area contributed by atoms with Crippen molar-refractivity contribution in [3.8, 4) is 0 Å². The second kappa shape index (κ2) is 5.07. The molecular weight excluding hydrogens is 267 g/mol. The van der Waals surface area contributed by atoms with E-state index in [-0.39, 0.29) is 16.5 Å². The Morgan fingerprint density at radius 1 is 1.22 bits per heavy atom. The SMILES string of the molecule is ON1CCC(c2ccc(Cl)cc2C(F)(F)F)CC1. The molecule has 0 aliphatic carbocycles. The number of hydrogen-bond donors (Lipinski definition) is 1. The average molecular weight is 280 g/mol. The van der Waals surface area contributed by atoms with Crippen molar-refractivity contribution in [3.63, 3.8) is 0 Å². The summed E-state index contributed by atoms with van der Waals surface area (Å²) in [4.78, 5) is 0. The largest absolute Gasteiger partial charge is 0.416 e. The molecule has 100 valence electrons. The van der Waals surface area contributed by atoms with Gasteiger partial charge in [-0.15, -0.1) is 0 Å². The molecule has 0 bridgehead atoms. The van der Waals surface area contributed by atoms with Gasteiger partial charge < -0.3 is 5.21 Å². The molecule has 1 fully saturated rings. The molecule has 18 heavy (non-hydrogen) atoms. The lowest BCUT2D eigenvalue weighted by Crippen LogP contribution is -2.30. The van der Waals surface area contributed by atoms with Crippen LogP contribution in [0.25, 0.3) is 0 Å². The van der Waals surface area contributed by atoms with E-state index < -0.39 is 11.7 Å². The average Bonchev–Trinajstić information content (AvgIpc) is 2.29. The Kier molecular flexibility index (Phi) is 3.84. The van der Waals surface area contributed by atoms with Gasteiger partial charge in [-0.2, -0.15) is 18.2 Å². The van der Waals surface area contributed by atoms with Gasteiger partial charge >= 0.3 is 6.18 Å². The van der Waals surface area contributed by atoms with Gasteiger partial charge in [0.15, 0.2) is 0 Å². The maximum absolute atomic E-state index is 12.9. The number of alkyl halides is 3. The fourth-order valence-corrected chi connectivity index (χ4v) is 2.48. The summed E-state index contributed by atoms with van der Waals surface area (Å²) in [5.74, 6) is -0.178. The first-order chi connectivity index (χ1) is 8.38.